The second-order valence-corrected chi connectivity index (χ2v) is 5.12. The lowest BCUT2D eigenvalue weighted by Gasteiger charge is -2.10. The van der Waals surface area contributed by atoms with Crippen molar-refractivity contribution in [1.82, 2.24) is 15.1 Å². The third-order valence-electron chi connectivity index (χ3n) is 3.80. The Morgan fingerprint density at radius 3 is 2.75 bits per heavy atom. The maximum absolute atomic E-state index is 11.9. The van der Waals surface area contributed by atoms with Crippen molar-refractivity contribution in [3.8, 4) is 0 Å². The molecule has 0 aromatic carbocycles. The van der Waals surface area contributed by atoms with Crippen LogP contribution < -0.4 is 5.32 Å². The summed E-state index contributed by atoms with van der Waals surface area (Å²) in [7, 11) is 0. The second-order valence-electron chi connectivity index (χ2n) is 5.12. The van der Waals surface area contributed by atoms with Crippen molar-refractivity contribution >= 4 is 11.6 Å². The first-order valence-corrected chi connectivity index (χ1v) is 7.02. The first-order valence-electron chi connectivity index (χ1n) is 7.02. The van der Waals surface area contributed by atoms with E-state index in [4.69, 9.17) is 4.84 Å². The van der Waals surface area contributed by atoms with Gasteiger partial charge in [0, 0.05) is 18.7 Å². The van der Waals surface area contributed by atoms with Crippen LogP contribution in [0.1, 0.15) is 36.7 Å². The molecule has 6 nitrogen and oxygen atoms in total. The molecule has 1 N–H and O–H groups in total. The smallest absolute Gasteiger partial charge is 0.264 e. The minimum Gasteiger partial charge on any atom is -0.382 e. The molecule has 1 atom stereocenters. The van der Waals surface area contributed by atoms with Crippen LogP contribution in [0.5, 0.6) is 0 Å². The maximum Gasteiger partial charge on any atom is 0.264 e. The number of nitrogens with one attached hydrogen (secondary N) is 1. The summed E-state index contributed by atoms with van der Waals surface area (Å²) in [5.41, 5.74) is 4.33. The van der Waals surface area contributed by atoms with Crippen LogP contribution in [0.3, 0.4) is 0 Å². The molecular weight excluding hydrogens is 256 g/mol. The fourth-order valence-corrected chi connectivity index (χ4v) is 2.18. The lowest BCUT2D eigenvalue weighted by Crippen LogP contribution is -2.36. The van der Waals surface area contributed by atoms with E-state index >= 15 is 0 Å². The Hall–Kier alpha value is -1.85. The molecule has 6 heteroatoms. The van der Waals surface area contributed by atoms with Crippen molar-refractivity contribution in [1.29, 1.82) is 0 Å². The van der Waals surface area contributed by atoms with Gasteiger partial charge in [-0.2, -0.15) is 5.10 Å². The highest BCUT2D eigenvalue weighted by molar-refractivity contribution is 5.92. The predicted octanol–water partition coefficient (Wildman–Crippen LogP) is 1.48. The van der Waals surface area contributed by atoms with E-state index in [1.54, 1.807) is 0 Å². The molecule has 0 fully saturated rings. The van der Waals surface area contributed by atoms with E-state index in [9.17, 15) is 4.79 Å². The Bertz CT molecular complexity index is 534. The number of amides is 1. The van der Waals surface area contributed by atoms with Gasteiger partial charge in [-0.15, -0.1) is 0 Å². The largest absolute Gasteiger partial charge is 0.382 e. The van der Waals surface area contributed by atoms with Gasteiger partial charge in [-0.1, -0.05) is 12.1 Å². The van der Waals surface area contributed by atoms with E-state index in [1.807, 2.05) is 25.5 Å². The van der Waals surface area contributed by atoms with Gasteiger partial charge in [-0.3, -0.25) is 9.48 Å². The van der Waals surface area contributed by atoms with Gasteiger partial charge in [0.25, 0.3) is 5.91 Å². The third kappa shape index (κ3) is 3.00. The molecule has 0 saturated carbocycles. The molecule has 110 valence electrons. The van der Waals surface area contributed by atoms with Crippen LogP contribution in [0, 0.1) is 20.8 Å². The van der Waals surface area contributed by atoms with Crippen molar-refractivity contribution < 1.29 is 9.63 Å². The van der Waals surface area contributed by atoms with Crippen molar-refractivity contribution in [3.05, 3.63) is 17.0 Å². The van der Waals surface area contributed by atoms with Gasteiger partial charge >= 0.3 is 0 Å². The van der Waals surface area contributed by atoms with Gasteiger partial charge in [0.15, 0.2) is 0 Å². The molecule has 0 radical (unpaired) electrons. The third-order valence-corrected chi connectivity index (χ3v) is 3.80. The number of carbonyl (C=O) groups is 1. The zero-order valence-corrected chi connectivity index (χ0v) is 12.6. The van der Waals surface area contributed by atoms with Gasteiger partial charge in [-0.05, 0) is 32.8 Å². The molecule has 1 aliphatic rings. The first kappa shape index (κ1) is 14.6. The van der Waals surface area contributed by atoms with Gasteiger partial charge < -0.3 is 10.2 Å². The highest BCUT2D eigenvalue weighted by atomic mass is 16.6. The highest BCUT2D eigenvalue weighted by Gasteiger charge is 2.26. The minimum absolute atomic E-state index is 0.101. The number of carbonyl (C=O) groups excluding carboxylic acids is 1. The average molecular weight is 278 g/mol. The van der Waals surface area contributed by atoms with Crippen molar-refractivity contribution in [2.45, 2.75) is 53.2 Å². The number of hydrogen-bond acceptors (Lipinski definition) is 4. The monoisotopic (exact) mass is 278 g/mol. The lowest BCUT2D eigenvalue weighted by molar-refractivity contribution is -0.131. The lowest BCUT2D eigenvalue weighted by atomic mass is 10.1. The Labute approximate surface area is 119 Å². The summed E-state index contributed by atoms with van der Waals surface area (Å²) in [6, 6.07) is 0. The van der Waals surface area contributed by atoms with Crippen LogP contribution >= 0.6 is 0 Å². The molecule has 0 saturated heterocycles. The van der Waals surface area contributed by atoms with E-state index < -0.39 is 6.10 Å². The molecular formula is C14H22N4O2. The number of rotatable bonds is 5. The maximum atomic E-state index is 11.9. The van der Waals surface area contributed by atoms with Crippen LogP contribution in [0.2, 0.25) is 0 Å². The molecule has 0 bridgehead atoms. The topological polar surface area (TPSA) is 68.5 Å². The summed E-state index contributed by atoms with van der Waals surface area (Å²) in [6.07, 6.45) is 0.961. The molecule has 20 heavy (non-hydrogen) atoms. The molecule has 1 amide bonds. The van der Waals surface area contributed by atoms with Crippen LogP contribution in [-0.2, 0) is 16.2 Å². The average Bonchev–Trinajstić information content (AvgIpc) is 3.00. The molecule has 2 rings (SSSR count). The molecule has 0 aliphatic carbocycles. The molecule has 0 unspecified atom stereocenters. The Morgan fingerprint density at radius 2 is 2.20 bits per heavy atom. The van der Waals surface area contributed by atoms with E-state index in [2.05, 4.69) is 22.5 Å². The van der Waals surface area contributed by atoms with Crippen molar-refractivity contribution in [2.24, 2.45) is 5.16 Å². The van der Waals surface area contributed by atoms with Crippen molar-refractivity contribution in [2.75, 3.05) is 6.54 Å². The molecule has 1 aliphatic heterocycles. The normalized spacial score (nSPS) is 17.8. The second kappa shape index (κ2) is 6.07. The van der Waals surface area contributed by atoms with E-state index in [1.165, 1.54) is 5.56 Å². The number of aromatic nitrogens is 2. The highest BCUT2D eigenvalue weighted by Crippen LogP contribution is 2.13. The van der Waals surface area contributed by atoms with Gasteiger partial charge in [-0.25, -0.2) is 0 Å². The number of aryl methyl sites for hydroxylation is 1. The summed E-state index contributed by atoms with van der Waals surface area (Å²) >= 11 is 0. The minimum atomic E-state index is -0.466. The van der Waals surface area contributed by atoms with E-state index in [0.717, 1.165) is 23.5 Å². The molecule has 1 aromatic heterocycles. The molecule has 0 spiro atoms. The quantitative estimate of drug-likeness (QED) is 0.887. The zero-order valence-electron chi connectivity index (χ0n) is 12.6. The molecule has 1 aromatic rings. The summed E-state index contributed by atoms with van der Waals surface area (Å²) in [6.45, 7) is 9.31. The number of nitrogens with zero attached hydrogens (tertiary/aromatic N) is 3. The fraction of sp³-hybridized carbons (Fsp3) is 0.643. The SMILES string of the molecule is CCC1=NO[C@H](C(=O)NCCn2nc(C)c(C)c2C)C1. The number of oxime groups is 1. The summed E-state index contributed by atoms with van der Waals surface area (Å²) in [4.78, 5) is 17.0. The summed E-state index contributed by atoms with van der Waals surface area (Å²) in [5.74, 6) is -0.101. The van der Waals surface area contributed by atoms with Crippen LogP contribution in [0.25, 0.3) is 0 Å². The standard InChI is InChI=1S/C14H22N4O2/c1-5-12-8-13(20-17-12)14(19)15-6-7-18-11(4)9(2)10(3)16-18/h13H,5-8H2,1-4H3,(H,15,19)/t13-/m0/s1. The van der Waals surface area contributed by atoms with E-state index in [-0.39, 0.29) is 5.91 Å². The Balaban J connectivity index is 1.79. The van der Waals surface area contributed by atoms with Crippen molar-refractivity contribution in [3.63, 3.8) is 0 Å². The van der Waals surface area contributed by atoms with E-state index in [0.29, 0.717) is 19.5 Å². The Kier molecular flexibility index (Phi) is 4.42. The van der Waals surface area contributed by atoms with Gasteiger partial charge in [0.2, 0.25) is 6.10 Å². The fourth-order valence-electron chi connectivity index (χ4n) is 2.18. The summed E-state index contributed by atoms with van der Waals surface area (Å²) < 4.78 is 1.93. The number of hydrogen-bond donors (Lipinski definition) is 1. The predicted molar refractivity (Wildman–Crippen MR) is 76.7 cm³/mol. The molecule has 2 heterocycles. The first-order chi connectivity index (χ1) is 9.52. The van der Waals surface area contributed by atoms with Gasteiger partial charge in [0.05, 0.1) is 18.0 Å². The van der Waals surface area contributed by atoms with Gasteiger partial charge in [0.1, 0.15) is 0 Å². The Morgan fingerprint density at radius 1 is 1.45 bits per heavy atom. The summed E-state index contributed by atoms with van der Waals surface area (Å²) in [5, 5.41) is 11.2. The zero-order chi connectivity index (χ0) is 14.7. The van der Waals surface area contributed by atoms with Crippen LogP contribution in [0.15, 0.2) is 5.16 Å². The van der Waals surface area contributed by atoms with Crippen LogP contribution in [0.4, 0.5) is 0 Å². The van der Waals surface area contributed by atoms with Crippen LogP contribution in [-0.4, -0.2) is 34.0 Å².